The first-order valence-corrected chi connectivity index (χ1v) is 12.0. The highest BCUT2D eigenvalue weighted by Gasteiger charge is 2.23. The van der Waals surface area contributed by atoms with Crippen molar-refractivity contribution in [1.82, 2.24) is 9.97 Å². The predicted molar refractivity (Wildman–Crippen MR) is 132 cm³/mol. The molecule has 0 fully saturated rings. The van der Waals surface area contributed by atoms with Crippen LogP contribution in [0.4, 0.5) is 5.82 Å². The van der Waals surface area contributed by atoms with E-state index >= 15 is 0 Å². The lowest BCUT2D eigenvalue weighted by molar-refractivity contribution is -0.115. The summed E-state index contributed by atoms with van der Waals surface area (Å²) in [5.41, 5.74) is 7.38. The molecule has 3 aromatic rings. The number of fused-ring (bicyclic) bond motifs is 3. The largest absolute Gasteiger partial charge is 0.508 e. The van der Waals surface area contributed by atoms with Gasteiger partial charge in [-0.2, -0.15) is 0 Å². The van der Waals surface area contributed by atoms with E-state index in [4.69, 9.17) is 9.97 Å². The van der Waals surface area contributed by atoms with Crippen molar-refractivity contribution >= 4 is 11.7 Å². The quantitative estimate of drug-likeness (QED) is 0.461. The van der Waals surface area contributed by atoms with E-state index in [-0.39, 0.29) is 18.1 Å². The highest BCUT2D eigenvalue weighted by atomic mass is 16.3. The smallest absolute Gasteiger partial charge is 0.229 e. The molecule has 0 radical (unpaired) electrons. The maximum Gasteiger partial charge on any atom is 0.229 e. The fourth-order valence-corrected chi connectivity index (χ4v) is 4.51. The van der Waals surface area contributed by atoms with E-state index in [1.807, 2.05) is 0 Å². The molecule has 0 saturated carbocycles. The number of amides is 1. The molecule has 1 heterocycles. The Balaban J connectivity index is 1.64. The monoisotopic (exact) mass is 443 g/mol. The number of nitrogens with one attached hydrogen (secondary N) is 1. The van der Waals surface area contributed by atoms with Gasteiger partial charge in [-0.3, -0.25) is 4.79 Å². The van der Waals surface area contributed by atoms with Crippen LogP contribution in [0.25, 0.3) is 11.3 Å². The van der Waals surface area contributed by atoms with E-state index in [2.05, 4.69) is 44.3 Å². The van der Waals surface area contributed by atoms with Gasteiger partial charge in [-0.05, 0) is 55.4 Å². The number of benzene rings is 2. The molecule has 0 bridgehead atoms. The molecule has 1 amide bonds. The van der Waals surface area contributed by atoms with Crippen LogP contribution in [-0.4, -0.2) is 21.0 Å². The number of carbonyl (C=O) groups excluding carboxylic acids is 1. The second-order valence-corrected chi connectivity index (χ2v) is 9.32. The number of aryl methyl sites for hydroxylation is 3. The normalized spacial score (nSPS) is 13.2. The molecule has 5 heteroatoms. The van der Waals surface area contributed by atoms with Crippen molar-refractivity contribution in [2.45, 2.75) is 65.7 Å². The van der Waals surface area contributed by atoms with Gasteiger partial charge in [0.05, 0.1) is 23.5 Å². The lowest BCUT2D eigenvalue weighted by Gasteiger charge is -2.22. The SMILES string of the molecule is CCCCC(C)Cc1nc2c(nc1NC(=O)Cc1ccc(O)cc1)CCc1cc(C)ccc1-2. The minimum atomic E-state index is -0.121. The molecule has 172 valence electrons. The van der Waals surface area contributed by atoms with Gasteiger partial charge in [0.15, 0.2) is 5.82 Å². The van der Waals surface area contributed by atoms with Gasteiger partial charge in [-0.1, -0.05) is 69.0 Å². The fourth-order valence-electron chi connectivity index (χ4n) is 4.51. The van der Waals surface area contributed by atoms with Crippen molar-refractivity contribution in [2.75, 3.05) is 5.32 Å². The minimum Gasteiger partial charge on any atom is -0.508 e. The number of aromatic hydroxyl groups is 1. The summed E-state index contributed by atoms with van der Waals surface area (Å²) in [4.78, 5) is 22.9. The lowest BCUT2D eigenvalue weighted by atomic mass is 9.90. The first kappa shape index (κ1) is 23.0. The second-order valence-electron chi connectivity index (χ2n) is 9.32. The summed E-state index contributed by atoms with van der Waals surface area (Å²) in [5.74, 6) is 1.13. The van der Waals surface area contributed by atoms with Crippen molar-refractivity contribution in [3.63, 3.8) is 0 Å². The Morgan fingerprint density at radius 1 is 1.12 bits per heavy atom. The van der Waals surface area contributed by atoms with Gasteiger partial charge in [0.2, 0.25) is 5.91 Å². The topological polar surface area (TPSA) is 75.1 Å². The molecule has 1 aromatic heterocycles. The molecule has 4 rings (SSSR count). The van der Waals surface area contributed by atoms with Crippen molar-refractivity contribution in [3.8, 4) is 17.0 Å². The van der Waals surface area contributed by atoms with E-state index in [0.717, 1.165) is 48.3 Å². The van der Waals surface area contributed by atoms with Crippen molar-refractivity contribution < 1.29 is 9.90 Å². The van der Waals surface area contributed by atoms with E-state index < -0.39 is 0 Å². The molecule has 0 spiro atoms. The van der Waals surface area contributed by atoms with Crippen LogP contribution in [0.3, 0.4) is 0 Å². The number of hydrogen-bond acceptors (Lipinski definition) is 4. The molecule has 0 aliphatic heterocycles. The number of unbranched alkanes of at least 4 members (excludes halogenated alkanes) is 1. The van der Waals surface area contributed by atoms with Crippen LogP contribution in [0.15, 0.2) is 42.5 Å². The molecule has 2 aromatic carbocycles. The molecule has 33 heavy (non-hydrogen) atoms. The second kappa shape index (κ2) is 10.2. The summed E-state index contributed by atoms with van der Waals surface area (Å²) in [6, 6.07) is 13.3. The number of anilines is 1. The zero-order valence-electron chi connectivity index (χ0n) is 19.8. The summed E-state index contributed by atoms with van der Waals surface area (Å²) >= 11 is 0. The van der Waals surface area contributed by atoms with Crippen molar-refractivity contribution in [3.05, 3.63) is 70.5 Å². The van der Waals surface area contributed by atoms with Gasteiger partial charge in [0.25, 0.3) is 0 Å². The summed E-state index contributed by atoms with van der Waals surface area (Å²) < 4.78 is 0. The lowest BCUT2D eigenvalue weighted by Crippen LogP contribution is -2.20. The molecule has 1 unspecified atom stereocenters. The summed E-state index contributed by atoms with van der Waals surface area (Å²) in [6.07, 6.45) is 6.26. The predicted octanol–water partition coefficient (Wildman–Crippen LogP) is 5.81. The molecule has 0 saturated heterocycles. The zero-order valence-corrected chi connectivity index (χ0v) is 19.8. The Hall–Kier alpha value is -3.21. The van der Waals surface area contributed by atoms with Crippen molar-refractivity contribution in [2.24, 2.45) is 5.92 Å². The molecule has 2 N–H and O–H groups in total. The maximum atomic E-state index is 12.8. The number of phenols is 1. The van der Waals surface area contributed by atoms with Gasteiger partial charge in [-0.25, -0.2) is 9.97 Å². The molecule has 5 nitrogen and oxygen atoms in total. The average Bonchev–Trinajstić information content (AvgIpc) is 2.79. The third kappa shape index (κ3) is 5.59. The third-order valence-electron chi connectivity index (χ3n) is 6.34. The third-order valence-corrected chi connectivity index (χ3v) is 6.34. The van der Waals surface area contributed by atoms with Gasteiger partial charge >= 0.3 is 0 Å². The van der Waals surface area contributed by atoms with Crippen LogP contribution in [-0.2, 0) is 30.5 Å². The highest BCUT2D eigenvalue weighted by molar-refractivity contribution is 5.92. The van der Waals surface area contributed by atoms with Crippen LogP contribution < -0.4 is 5.32 Å². The minimum absolute atomic E-state index is 0.121. The number of phenolic OH excluding ortho intramolecular Hbond substituents is 1. The Kier molecular flexibility index (Phi) is 7.07. The Bertz CT molecular complexity index is 1140. The Labute approximate surface area is 196 Å². The number of rotatable bonds is 8. The number of nitrogens with zero attached hydrogens (tertiary/aromatic N) is 2. The van der Waals surface area contributed by atoms with Crippen LogP contribution >= 0.6 is 0 Å². The van der Waals surface area contributed by atoms with E-state index in [1.54, 1.807) is 24.3 Å². The highest BCUT2D eigenvalue weighted by Crippen LogP contribution is 2.34. The zero-order chi connectivity index (χ0) is 23.4. The van der Waals surface area contributed by atoms with Gasteiger partial charge in [-0.15, -0.1) is 0 Å². The number of carbonyl (C=O) groups is 1. The van der Waals surface area contributed by atoms with Crippen molar-refractivity contribution in [1.29, 1.82) is 0 Å². The van der Waals surface area contributed by atoms with Gasteiger partial charge < -0.3 is 10.4 Å². The number of aromatic nitrogens is 2. The maximum absolute atomic E-state index is 12.8. The fraction of sp³-hybridized carbons (Fsp3) is 0.393. The van der Waals surface area contributed by atoms with Crippen LogP contribution in [0.2, 0.25) is 0 Å². The molecule has 1 aliphatic carbocycles. The van der Waals surface area contributed by atoms with Crippen LogP contribution in [0.1, 0.15) is 61.2 Å². The Morgan fingerprint density at radius 2 is 1.91 bits per heavy atom. The Morgan fingerprint density at radius 3 is 2.67 bits per heavy atom. The van der Waals surface area contributed by atoms with Gasteiger partial charge in [0.1, 0.15) is 5.75 Å². The summed E-state index contributed by atoms with van der Waals surface area (Å²) in [6.45, 7) is 6.57. The summed E-state index contributed by atoms with van der Waals surface area (Å²) in [5, 5.41) is 12.5. The molecular weight excluding hydrogens is 410 g/mol. The first-order chi connectivity index (χ1) is 15.9. The molecule has 1 atom stereocenters. The number of hydrogen-bond donors (Lipinski definition) is 2. The first-order valence-electron chi connectivity index (χ1n) is 12.0. The summed E-state index contributed by atoms with van der Waals surface area (Å²) in [7, 11) is 0. The standard InChI is InChI=1S/C28H33N3O2/c1-4-5-6-18(2)16-25-28(31-26(33)17-20-8-11-22(32)12-9-20)30-24-14-10-21-15-19(3)7-13-23(21)27(24)29-25/h7-9,11-13,15,18,32H,4-6,10,14,16-17H2,1-3H3,(H,30,31,33). The van der Waals surface area contributed by atoms with Gasteiger partial charge in [0, 0.05) is 5.56 Å². The average molecular weight is 444 g/mol. The van der Waals surface area contributed by atoms with Crippen LogP contribution in [0.5, 0.6) is 5.75 Å². The van der Waals surface area contributed by atoms with E-state index in [1.165, 1.54) is 29.5 Å². The van der Waals surface area contributed by atoms with E-state index in [9.17, 15) is 9.90 Å². The molecular formula is C28H33N3O2. The molecule has 1 aliphatic rings. The van der Waals surface area contributed by atoms with E-state index in [0.29, 0.717) is 11.7 Å². The van der Waals surface area contributed by atoms with Crippen LogP contribution in [0, 0.1) is 12.8 Å².